The molecule has 32 heavy (non-hydrogen) atoms. The van der Waals surface area contributed by atoms with Gasteiger partial charge in [0.1, 0.15) is 5.75 Å². The van der Waals surface area contributed by atoms with Gasteiger partial charge < -0.3 is 25.1 Å². The summed E-state index contributed by atoms with van der Waals surface area (Å²) < 4.78 is 0. The minimum atomic E-state index is 0.348. The van der Waals surface area contributed by atoms with Crippen LogP contribution in [-0.2, 0) is 0 Å². The van der Waals surface area contributed by atoms with Crippen molar-refractivity contribution in [1.29, 1.82) is 0 Å². The molecule has 4 rings (SSSR count). The summed E-state index contributed by atoms with van der Waals surface area (Å²) in [5.41, 5.74) is 0.911. The Hall–Kier alpha value is -3.07. The Bertz CT molecular complexity index is 861. The maximum Gasteiger partial charge on any atom is 0.225 e. The molecule has 0 spiro atoms. The molecule has 9 nitrogen and oxygen atoms in total. The second-order valence-corrected chi connectivity index (χ2v) is 8.08. The molecule has 2 aromatic rings. The molecule has 0 amide bonds. The first-order valence-electron chi connectivity index (χ1n) is 11.5. The van der Waals surface area contributed by atoms with Crippen LogP contribution in [-0.4, -0.2) is 103 Å². The molecule has 0 atom stereocenters. The molecule has 2 N–H and O–H groups in total. The van der Waals surface area contributed by atoms with E-state index in [9.17, 15) is 5.11 Å². The van der Waals surface area contributed by atoms with Crippen molar-refractivity contribution in [3.05, 3.63) is 42.7 Å². The number of piperazine rings is 2. The number of guanidine groups is 1. The molecule has 0 aliphatic carbocycles. The van der Waals surface area contributed by atoms with E-state index in [0.29, 0.717) is 5.75 Å². The number of anilines is 2. The lowest BCUT2D eigenvalue weighted by molar-refractivity contribution is 0.263. The molecule has 1 aromatic carbocycles. The summed E-state index contributed by atoms with van der Waals surface area (Å²) in [7, 11) is 0. The van der Waals surface area contributed by atoms with E-state index in [2.05, 4.69) is 41.8 Å². The first kappa shape index (κ1) is 22.1. The minimum Gasteiger partial charge on any atom is -0.506 e. The molecule has 172 valence electrons. The lowest BCUT2D eigenvalue weighted by Gasteiger charge is -2.38. The molecule has 0 saturated carbocycles. The van der Waals surface area contributed by atoms with Gasteiger partial charge in [-0.2, -0.15) is 0 Å². The minimum absolute atomic E-state index is 0.348. The number of nitrogens with one attached hydrogen (secondary N) is 1. The fourth-order valence-electron chi connectivity index (χ4n) is 4.24. The number of aromatic hydroxyl groups is 1. The van der Waals surface area contributed by atoms with E-state index in [1.165, 1.54) is 0 Å². The SMILES string of the molecule is CCNC(=NCCN1CCN(c2ncccn2)CC1)N1CCN(c2ccccc2O)CC1. The van der Waals surface area contributed by atoms with Crippen LogP contribution >= 0.6 is 0 Å². The Morgan fingerprint density at radius 1 is 0.938 bits per heavy atom. The first-order valence-corrected chi connectivity index (χ1v) is 11.5. The normalized spacial score (nSPS) is 18.2. The van der Waals surface area contributed by atoms with Crippen LogP contribution in [0.1, 0.15) is 6.92 Å². The summed E-state index contributed by atoms with van der Waals surface area (Å²) >= 11 is 0. The zero-order chi connectivity index (χ0) is 22.2. The first-order chi connectivity index (χ1) is 15.7. The number of phenolic OH excluding ortho intramolecular Hbond substituents is 1. The summed E-state index contributed by atoms with van der Waals surface area (Å²) in [6.07, 6.45) is 3.60. The third-order valence-electron chi connectivity index (χ3n) is 6.02. The Morgan fingerprint density at radius 2 is 1.62 bits per heavy atom. The van der Waals surface area contributed by atoms with Gasteiger partial charge in [0.05, 0.1) is 12.2 Å². The number of para-hydroxylation sites is 2. The molecule has 9 heteroatoms. The van der Waals surface area contributed by atoms with Gasteiger partial charge in [0.25, 0.3) is 0 Å². The van der Waals surface area contributed by atoms with Gasteiger partial charge in [-0.3, -0.25) is 9.89 Å². The van der Waals surface area contributed by atoms with Gasteiger partial charge in [-0.05, 0) is 25.1 Å². The van der Waals surface area contributed by atoms with E-state index in [0.717, 1.165) is 89.6 Å². The van der Waals surface area contributed by atoms with Crippen molar-refractivity contribution < 1.29 is 5.11 Å². The maximum absolute atomic E-state index is 10.1. The summed E-state index contributed by atoms with van der Waals surface area (Å²) in [5, 5.41) is 13.6. The van der Waals surface area contributed by atoms with Crippen LogP contribution in [0.3, 0.4) is 0 Å². The van der Waals surface area contributed by atoms with Gasteiger partial charge in [0, 0.05) is 77.8 Å². The molecule has 2 aliphatic heterocycles. The topological polar surface area (TPSA) is 83.4 Å². The summed E-state index contributed by atoms with van der Waals surface area (Å²) in [6, 6.07) is 9.42. The number of nitrogens with zero attached hydrogens (tertiary/aromatic N) is 7. The number of hydrogen-bond donors (Lipinski definition) is 2. The average molecular weight is 439 g/mol. The van der Waals surface area contributed by atoms with Crippen LogP contribution in [0.4, 0.5) is 11.6 Å². The Kier molecular flexibility index (Phi) is 7.60. The highest BCUT2D eigenvalue weighted by atomic mass is 16.3. The standard InChI is InChI=1S/C23H34N8O/c1-2-24-22(31-18-16-29(17-19-31)20-6-3-4-7-21(20)32)27-10-11-28-12-14-30(15-13-28)23-25-8-5-9-26-23/h3-9,32H,2,10-19H2,1H3,(H,24,27). The highest BCUT2D eigenvalue weighted by Gasteiger charge is 2.22. The summed E-state index contributed by atoms with van der Waals surface area (Å²) in [4.78, 5) is 22.9. The number of benzene rings is 1. The molecule has 2 fully saturated rings. The molecular formula is C23H34N8O. The third kappa shape index (κ3) is 5.59. The van der Waals surface area contributed by atoms with Crippen LogP contribution in [0, 0.1) is 0 Å². The number of rotatable bonds is 6. The molecule has 2 saturated heterocycles. The van der Waals surface area contributed by atoms with Crippen LogP contribution in [0.2, 0.25) is 0 Å². The Labute approximate surface area is 190 Å². The van der Waals surface area contributed by atoms with E-state index in [1.54, 1.807) is 18.5 Å². The number of aliphatic imine (C=N–C) groups is 1. The maximum atomic E-state index is 10.1. The number of hydrogen-bond acceptors (Lipinski definition) is 7. The highest BCUT2D eigenvalue weighted by molar-refractivity contribution is 5.80. The van der Waals surface area contributed by atoms with E-state index in [4.69, 9.17) is 4.99 Å². The zero-order valence-electron chi connectivity index (χ0n) is 18.9. The van der Waals surface area contributed by atoms with Gasteiger partial charge in [-0.1, -0.05) is 12.1 Å². The summed E-state index contributed by atoms with van der Waals surface area (Å²) in [6.45, 7) is 12.1. The summed E-state index contributed by atoms with van der Waals surface area (Å²) in [5.74, 6) is 2.16. The van der Waals surface area contributed by atoms with Gasteiger partial charge >= 0.3 is 0 Å². The lowest BCUT2D eigenvalue weighted by atomic mass is 10.2. The van der Waals surface area contributed by atoms with Gasteiger partial charge in [-0.25, -0.2) is 9.97 Å². The second-order valence-electron chi connectivity index (χ2n) is 8.08. The molecule has 3 heterocycles. The predicted octanol–water partition coefficient (Wildman–Crippen LogP) is 1.09. The monoisotopic (exact) mass is 438 g/mol. The quantitative estimate of drug-likeness (QED) is 0.512. The molecule has 0 radical (unpaired) electrons. The molecular weight excluding hydrogens is 404 g/mol. The van der Waals surface area contributed by atoms with Crippen molar-refractivity contribution in [3.8, 4) is 5.75 Å². The van der Waals surface area contributed by atoms with Crippen molar-refractivity contribution in [3.63, 3.8) is 0 Å². The second kappa shape index (κ2) is 11.0. The smallest absolute Gasteiger partial charge is 0.225 e. The molecule has 1 aromatic heterocycles. The number of phenols is 1. The van der Waals surface area contributed by atoms with Crippen molar-refractivity contribution in [2.75, 3.05) is 81.8 Å². The van der Waals surface area contributed by atoms with E-state index in [1.807, 2.05) is 24.3 Å². The Morgan fingerprint density at radius 3 is 2.31 bits per heavy atom. The lowest BCUT2D eigenvalue weighted by Crippen LogP contribution is -2.53. The van der Waals surface area contributed by atoms with Crippen LogP contribution in [0.5, 0.6) is 5.75 Å². The van der Waals surface area contributed by atoms with Gasteiger partial charge in [0.15, 0.2) is 5.96 Å². The largest absolute Gasteiger partial charge is 0.506 e. The highest BCUT2D eigenvalue weighted by Crippen LogP contribution is 2.27. The number of aromatic nitrogens is 2. The fourth-order valence-corrected chi connectivity index (χ4v) is 4.24. The van der Waals surface area contributed by atoms with E-state index in [-0.39, 0.29) is 0 Å². The van der Waals surface area contributed by atoms with E-state index < -0.39 is 0 Å². The van der Waals surface area contributed by atoms with E-state index >= 15 is 0 Å². The van der Waals surface area contributed by atoms with Crippen LogP contribution < -0.4 is 15.1 Å². The van der Waals surface area contributed by atoms with Crippen molar-refractivity contribution >= 4 is 17.6 Å². The fraction of sp³-hybridized carbons (Fsp3) is 0.522. The van der Waals surface area contributed by atoms with Crippen molar-refractivity contribution in [2.24, 2.45) is 4.99 Å². The molecule has 0 bridgehead atoms. The van der Waals surface area contributed by atoms with Crippen LogP contribution in [0.15, 0.2) is 47.7 Å². The average Bonchev–Trinajstić information content (AvgIpc) is 2.85. The third-order valence-corrected chi connectivity index (χ3v) is 6.02. The van der Waals surface area contributed by atoms with Crippen molar-refractivity contribution in [2.45, 2.75) is 6.92 Å². The Balaban J connectivity index is 1.25. The zero-order valence-corrected chi connectivity index (χ0v) is 18.9. The van der Waals surface area contributed by atoms with Crippen molar-refractivity contribution in [1.82, 2.24) is 25.1 Å². The predicted molar refractivity (Wildman–Crippen MR) is 129 cm³/mol. The molecule has 0 unspecified atom stereocenters. The molecule has 2 aliphatic rings. The van der Waals surface area contributed by atoms with Crippen LogP contribution in [0.25, 0.3) is 0 Å². The van der Waals surface area contributed by atoms with Gasteiger partial charge in [0.2, 0.25) is 5.95 Å². The van der Waals surface area contributed by atoms with Gasteiger partial charge in [-0.15, -0.1) is 0 Å².